The second-order valence-electron chi connectivity index (χ2n) is 4.93. The summed E-state index contributed by atoms with van der Waals surface area (Å²) in [5.74, 6) is 5.64. The second kappa shape index (κ2) is 7.06. The zero-order valence-corrected chi connectivity index (χ0v) is 11.9. The van der Waals surface area contributed by atoms with Crippen molar-refractivity contribution >= 4 is 0 Å². The van der Waals surface area contributed by atoms with E-state index in [2.05, 4.69) is 5.43 Å². The van der Waals surface area contributed by atoms with Crippen molar-refractivity contribution in [3.63, 3.8) is 0 Å². The van der Waals surface area contributed by atoms with E-state index in [4.69, 9.17) is 10.6 Å². The standard InChI is InChI=1S/C14H21F3N2O/c1-4-20-13(9(2)3)12(19-18)10-6-5-7-11(8-10)14(15,16)17/h5-9,12-13,19H,4,18H2,1-3H3. The van der Waals surface area contributed by atoms with Crippen molar-refractivity contribution in [3.05, 3.63) is 35.4 Å². The maximum Gasteiger partial charge on any atom is 0.416 e. The highest BCUT2D eigenvalue weighted by molar-refractivity contribution is 5.28. The molecule has 0 spiro atoms. The predicted octanol–water partition coefficient (Wildman–Crippen LogP) is 3.27. The molecule has 20 heavy (non-hydrogen) atoms. The zero-order chi connectivity index (χ0) is 15.3. The van der Waals surface area contributed by atoms with Crippen LogP contribution in [0, 0.1) is 5.92 Å². The van der Waals surface area contributed by atoms with Crippen molar-refractivity contribution < 1.29 is 17.9 Å². The van der Waals surface area contributed by atoms with Crippen molar-refractivity contribution in [3.8, 4) is 0 Å². The SMILES string of the molecule is CCOC(C(C)C)C(NN)c1cccc(C(F)(F)F)c1. The van der Waals surface area contributed by atoms with Crippen LogP contribution in [0.4, 0.5) is 13.2 Å². The van der Waals surface area contributed by atoms with Gasteiger partial charge in [0.1, 0.15) is 0 Å². The van der Waals surface area contributed by atoms with Gasteiger partial charge in [0.2, 0.25) is 0 Å². The molecule has 2 atom stereocenters. The number of nitrogens with one attached hydrogen (secondary N) is 1. The van der Waals surface area contributed by atoms with E-state index in [9.17, 15) is 13.2 Å². The fourth-order valence-corrected chi connectivity index (χ4v) is 2.16. The van der Waals surface area contributed by atoms with E-state index in [-0.39, 0.29) is 12.0 Å². The highest BCUT2D eigenvalue weighted by Gasteiger charge is 2.32. The van der Waals surface area contributed by atoms with Gasteiger partial charge >= 0.3 is 6.18 Å². The molecule has 3 N–H and O–H groups in total. The van der Waals surface area contributed by atoms with Crippen molar-refractivity contribution in [2.45, 2.75) is 39.1 Å². The summed E-state index contributed by atoms with van der Waals surface area (Å²) in [6.45, 7) is 6.20. The molecule has 1 rings (SSSR count). The van der Waals surface area contributed by atoms with Crippen LogP contribution in [0.1, 0.15) is 37.9 Å². The molecular weight excluding hydrogens is 269 g/mol. The second-order valence-corrected chi connectivity index (χ2v) is 4.93. The lowest BCUT2D eigenvalue weighted by Gasteiger charge is -2.30. The number of halogens is 3. The Kier molecular flexibility index (Phi) is 5.98. The van der Waals surface area contributed by atoms with Crippen LogP contribution in [0.25, 0.3) is 0 Å². The van der Waals surface area contributed by atoms with Gasteiger partial charge in [-0.2, -0.15) is 13.2 Å². The molecule has 0 aliphatic rings. The fourth-order valence-electron chi connectivity index (χ4n) is 2.16. The molecule has 0 aromatic heterocycles. The molecule has 0 saturated carbocycles. The Bertz CT molecular complexity index is 421. The Labute approximate surface area is 117 Å². The lowest BCUT2D eigenvalue weighted by molar-refractivity contribution is -0.137. The van der Waals surface area contributed by atoms with Gasteiger partial charge < -0.3 is 4.74 Å². The van der Waals surface area contributed by atoms with Gasteiger partial charge in [-0.05, 0) is 30.5 Å². The van der Waals surface area contributed by atoms with Gasteiger partial charge in [0, 0.05) is 6.61 Å². The third kappa shape index (κ3) is 4.19. The maximum absolute atomic E-state index is 12.8. The molecule has 0 radical (unpaired) electrons. The smallest absolute Gasteiger partial charge is 0.376 e. The molecule has 0 aliphatic carbocycles. The van der Waals surface area contributed by atoms with E-state index >= 15 is 0 Å². The molecule has 1 aromatic carbocycles. The van der Waals surface area contributed by atoms with Crippen molar-refractivity contribution in [2.24, 2.45) is 11.8 Å². The van der Waals surface area contributed by atoms with Crippen LogP contribution in [0.15, 0.2) is 24.3 Å². The molecule has 2 unspecified atom stereocenters. The molecule has 1 aromatic rings. The molecule has 6 heteroatoms. The third-order valence-electron chi connectivity index (χ3n) is 3.10. The number of hydrogen-bond acceptors (Lipinski definition) is 3. The number of alkyl halides is 3. The van der Waals surface area contributed by atoms with E-state index in [1.165, 1.54) is 6.07 Å². The summed E-state index contributed by atoms with van der Waals surface area (Å²) in [5.41, 5.74) is 2.35. The monoisotopic (exact) mass is 290 g/mol. The Morgan fingerprint density at radius 1 is 1.30 bits per heavy atom. The number of benzene rings is 1. The summed E-state index contributed by atoms with van der Waals surface area (Å²) in [7, 11) is 0. The summed E-state index contributed by atoms with van der Waals surface area (Å²) in [6.07, 6.45) is -4.66. The number of hydrazine groups is 1. The van der Waals surface area contributed by atoms with Crippen LogP contribution in [0.3, 0.4) is 0 Å². The molecule has 3 nitrogen and oxygen atoms in total. The number of nitrogens with two attached hydrogens (primary N) is 1. The van der Waals surface area contributed by atoms with E-state index in [0.29, 0.717) is 12.2 Å². The average Bonchev–Trinajstić information content (AvgIpc) is 2.38. The molecule has 0 fully saturated rings. The normalized spacial score (nSPS) is 15.4. The van der Waals surface area contributed by atoms with Gasteiger partial charge in [-0.25, -0.2) is 0 Å². The van der Waals surface area contributed by atoms with Gasteiger partial charge in [-0.3, -0.25) is 11.3 Å². The Balaban J connectivity index is 3.11. The van der Waals surface area contributed by atoms with Gasteiger partial charge in [-0.1, -0.05) is 26.0 Å². The van der Waals surface area contributed by atoms with Crippen molar-refractivity contribution in [2.75, 3.05) is 6.61 Å². The molecule has 0 saturated heterocycles. The Morgan fingerprint density at radius 3 is 2.40 bits per heavy atom. The number of hydrogen-bond donors (Lipinski definition) is 2. The molecule has 0 aliphatic heterocycles. The maximum atomic E-state index is 12.8. The topological polar surface area (TPSA) is 47.3 Å². The van der Waals surface area contributed by atoms with Crippen LogP contribution in [-0.4, -0.2) is 12.7 Å². The van der Waals surface area contributed by atoms with Crippen LogP contribution >= 0.6 is 0 Å². The van der Waals surface area contributed by atoms with Gasteiger partial charge in [0.05, 0.1) is 17.7 Å². The van der Waals surface area contributed by atoms with E-state index in [1.807, 2.05) is 20.8 Å². The molecule has 0 bridgehead atoms. The zero-order valence-electron chi connectivity index (χ0n) is 11.9. The molecule has 114 valence electrons. The Morgan fingerprint density at radius 2 is 1.95 bits per heavy atom. The summed E-state index contributed by atoms with van der Waals surface area (Å²) in [6, 6.07) is 4.67. The first-order valence-electron chi connectivity index (χ1n) is 6.56. The minimum atomic E-state index is -4.37. The van der Waals surface area contributed by atoms with Crippen LogP contribution < -0.4 is 11.3 Å². The minimum Gasteiger partial charge on any atom is -0.376 e. The minimum absolute atomic E-state index is 0.116. The first-order valence-corrected chi connectivity index (χ1v) is 6.56. The van der Waals surface area contributed by atoms with Crippen LogP contribution in [0.5, 0.6) is 0 Å². The largest absolute Gasteiger partial charge is 0.416 e. The molecular formula is C14H21F3N2O. The summed E-state index contributed by atoms with van der Waals surface area (Å²) >= 11 is 0. The molecule has 0 amide bonds. The van der Waals surface area contributed by atoms with Crippen LogP contribution in [0.2, 0.25) is 0 Å². The number of rotatable bonds is 6. The van der Waals surface area contributed by atoms with E-state index < -0.39 is 17.8 Å². The quantitative estimate of drug-likeness (QED) is 0.624. The lowest BCUT2D eigenvalue weighted by Crippen LogP contribution is -2.40. The van der Waals surface area contributed by atoms with Gasteiger partial charge in [-0.15, -0.1) is 0 Å². The van der Waals surface area contributed by atoms with Gasteiger partial charge in [0.25, 0.3) is 0 Å². The van der Waals surface area contributed by atoms with E-state index in [1.54, 1.807) is 6.07 Å². The predicted molar refractivity (Wildman–Crippen MR) is 71.8 cm³/mol. The van der Waals surface area contributed by atoms with E-state index in [0.717, 1.165) is 12.1 Å². The van der Waals surface area contributed by atoms with Gasteiger partial charge in [0.15, 0.2) is 0 Å². The summed E-state index contributed by atoms with van der Waals surface area (Å²) in [4.78, 5) is 0. The summed E-state index contributed by atoms with van der Waals surface area (Å²) < 4.78 is 43.9. The van der Waals surface area contributed by atoms with Crippen LogP contribution in [-0.2, 0) is 10.9 Å². The lowest BCUT2D eigenvalue weighted by atomic mass is 9.93. The first-order chi connectivity index (χ1) is 9.31. The highest BCUT2D eigenvalue weighted by Crippen LogP contribution is 2.32. The Hall–Kier alpha value is -1.11. The molecule has 0 heterocycles. The van der Waals surface area contributed by atoms with Crippen molar-refractivity contribution in [1.29, 1.82) is 0 Å². The third-order valence-corrected chi connectivity index (χ3v) is 3.10. The first kappa shape index (κ1) is 16.9. The fraction of sp³-hybridized carbons (Fsp3) is 0.571. The highest BCUT2D eigenvalue weighted by atomic mass is 19.4. The van der Waals surface area contributed by atoms with Crippen molar-refractivity contribution in [1.82, 2.24) is 5.43 Å². The average molecular weight is 290 g/mol. The summed E-state index contributed by atoms with van der Waals surface area (Å²) in [5, 5.41) is 0. The number of ether oxygens (including phenoxy) is 1.